The second kappa shape index (κ2) is 40.5. The van der Waals surface area contributed by atoms with E-state index in [1.54, 1.807) is 0 Å². The second-order valence-electron chi connectivity index (χ2n) is 5.24. The van der Waals surface area contributed by atoms with E-state index in [1.807, 2.05) is 0 Å². The van der Waals surface area contributed by atoms with E-state index >= 15 is 0 Å². The zero-order chi connectivity index (χ0) is 21.1. The summed E-state index contributed by atoms with van der Waals surface area (Å²) in [5.41, 5.74) is 0. The van der Waals surface area contributed by atoms with Crippen molar-refractivity contribution in [1.29, 1.82) is 0 Å². The fraction of sp³-hybridized carbons (Fsp3) is 0.900. The van der Waals surface area contributed by atoms with Crippen LogP contribution in [0.4, 0.5) is 0 Å². The molecule has 0 saturated carbocycles. The van der Waals surface area contributed by atoms with Gasteiger partial charge in [-0.1, -0.05) is 80.1 Å². The molecule has 0 aliphatic rings. The van der Waals surface area contributed by atoms with E-state index < -0.39 is 0 Å². The molecule has 0 aliphatic carbocycles. The minimum atomic E-state index is 0. The summed E-state index contributed by atoms with van der Waals surface area (Å²) in [7, 11) is 0. The van der Waals surface area contributed by atoms with Gasteiger partial charge in [0.05, 0.1) is 0 Å². The summed E-state index contributed by atoms with van der Waals surface area (Å²) in [4.78, 5) is 15.5. The van der Waals surface area contributed by atoms with Crippen LogP contribution < -0.4 is 0 Å². The first kappa shape index (κ1) is 37.5. The molecular formula is C20H42N4O2Ru. The summed E-state index contributed by atoms with van der Waals surface area (Å²) >= 11 is 0. The fourth-order valence-corrected chi connectivity index (χ4v) is 2.10. The molecule has 0 spiro atoms. The number of nitrogens with zero attached hydrogens (tertiary/aromatic N) is 4. The molecule has 0 bridgehead atoms. The average molecular weight is 472 g/mol. The van der Waals surface area contributed by atoms with Gasteiger partial charge in [0.2, 0.25) is 0 Å². The Kier molecular flexibility index (Phi) is 56.3. The Balaban J connectivity index is -0.0000000975. The van der Waals surface area contributed by atoms with Gasteiger partial charge in [0.1, 0.15) is 0 Å². The maximum Gasteiger partial charge on any atom is 6.00 e. The first-order valence-corrected chi connectivity index (χ1v) is 9.83. The maximum absolute atomic E-state index is 7.75. The van der Waals surface area contributed by atoms with Gasteiger partial charge in [-0.05, 0) is 0 Å². The zero-order valence-electron chi connectivity index (χ0n) is 18.3. The predicted molar refractivity (Wildman–Crippen MR) is 116 cm³/mol. The van der Waals surface area contributed by atoms with E-state index in [1.165, 1.54) is 25.7 Å². The predicted octanol–water partition coefficient (Wildman–Crippen LogP) is 6.03. The largest absolute Gasteiger partial charge is 6.00 e. The summed E-state index contributed by atoms with van der Waals surface area (Å²) in [6.07, 6.45) is 7.82. The van der Waals surface area contributed by atoms with Gasteiger partial charge >= 0.3 is 19.5 Å². The van der Waals surface area contributed by atoms with Crippen LogP contribution >= 0.6 is 0 Å². The van der Waals surface area contributed by atoms with E-state index in [-0.39, 0.29) is 31.8 Å². The molecule has 0 rings (SSSR count). The van der Waals surface area contributed by atoms with E-state index in [0.29, 0.717) is 0 Å². The van der Waals surface area contributed by atoms with Crippen molar-refractivity contribution in [1.82, 2.24) is 0 Å². The molecule has 0 heterocycles. The molecule has 0 aromatic heterocycles. The third kappa shape index (κ3) is 37.3. The standard InChI is InChI=1S/2C9H20N2.2CHO.Ru/c2*1-4-7-8-9(10-5-2)11-6-3;2*1-2;/h2*9H,4-8H2,1-3H3;2*1H;/q2*-2;2*-1;+6. The molecule has 0 radical (unpaired) electrons. The smallest absolute Gasteiger partial charge is 0.678 e. The second-order valence-corrected chi connectivity index (χ2v) is 5.24. The molecule has 7 heteroatoms. The van der Waals surface area contributed by atoms with Gasteiger partial charge in [0.25, 0.3) is 0 Å². The number of hydrogen-bond acceptors (Lipinski definition) is 2. The molecule has 0 saturated heterocycles. The minimum absolute atomic E-state index is 0. The number of hydrogen-bond donors (Lipinski definition) is 0. The van der Waals surface area contributed by atoms with Crippen LogP contribution in [-0.2, 0) is 29.1 Å². The maximum atomic E-state index is 7.75. The van der Waals surface area contributed by atoms with Crippen LogP contribution in [-0.4, -0.2) is 52.1 Å². The van der Waals surface area contributed by atoms with Crippen molar-refractivity contribution in [3.05, 3.63) is 21.3 Å². The first-order chi connectivity index (χ1) is 12.7. The molecule has 0 N–H and O–H groups in total. The summed E-state index contributed by atoms with van der Waals surface area (Å²) in [5.74, 6) is 0. The summed E-state index contributed by atoms with van der Waals surface area (Å²) in [6.45, 7) is 22.8. The SMILES string of the molecule is CCCCC([N-]CC)[N-]CC.CCCCC([N-]CC)[N-]CC.[CH-]=O.[CH-]=O.[Ru+6]. The van der Waals surface area contributed by atoms with Crippen LogP contribution in [0.5, 0.6) is 0 Å². The Hall–Kier alpha value is -0.197. The number of unbranched alkanes of at least 4 members (excludes halogenated alkanes) is 2. The van der Waals surface area contributed by atoms with Crippen LogP contribution in [0.15, 0.2) is 0 Å². The Morgan fingerprint density at radius 2 is 0.778 bits per heavy atom. The molecule has 0 aliphatic heterocycles. The third-order valence-corrected chi connectivity index (χ3v) is 3.21. The Morgan fingerprint density at radius 1 is 0.556 bits per heavy atom. The first-order valence-electron chi connectivity index (χ1n) is 9.83. The van der Waals surface area contributed by atoms with Gasteiger partial charge in [-0.2, -0.15) is 26.2 Å². The molecular weight excluding hydrogens is 429 g/mol. The molecule has 0 aromatic carbocycles. The van der Waals surface area contributed by atoms with Gasteiger partial charge in [-0.3, -0.25) is 13.6 Å². The Morgan fingerprint density at radius 3 is 0.926 bits per heavy atom. The van der Waals surface area contributed by atoms with Gasteiger partial charge in [-0.25, -0.2) is 12.3 Å². The van der Waals surface area contributed by atoms with E-state index in [4.69, 9.17) is 9.59 Å². The van der Waals surface area contributed by atoms with E-state index in [2.05, 4.69) is 76.4 Å². The van der Waals surface area contributed by atoms with Crippen molar-refractivity contribution >= 4 is 13.6 Å². The minimum Gasteiger partial charge on any atom is -0.678 e. The monoisotopic (exact) mass is 472 g/mol. The molecule has 162 valence electrons. The van der Waals surface area contributed by atoms with E-state index in [9.17, 15) is 0 Å². The molecule has 0 fully saturated rings. The average Bonchev–Trinajstić information content (AvgIpc) is 2.68. The normalized spacial score (nSPS) is 9.19. The van der Waals surface area contributed by atoms with Gasteiger partial charge in [0, 0.05) is 0 Å². The fourth-order valence-electron chi connectivity index (χ4n) is 2.10. The van der Waals surface area contributed by atoms with Crippen molar-refractivity contribution in [3.8, 4) is 0 Å². The van der Waals surface area contributed by atoms with Gasteiger partial charge < -0.3 is 30.9 Å². The zero-order valence-corrected chi connectivity index (χ0v) is 20.1. The Labute approximate surface area is 182 Å². The van der Waals surface area contributed by atoms with Crippen LogP contribution in [0.3, 0.4) is 0 Å². The quantitative estimate of drug-likeness (QED) is 0.176. The number of rotatable bonds is 14. The topological polar surface area (TPSA) is 90.5 Å². The van der Waals surface area contributed by atoms with Crippen LogP contribution in [0.2, 0.25) is 0 Å². The molecule has 0 aromatic rings. The van der Waals surface area contributed by atoms with Crippen molar-refractivity contribution in [3.63, 3.8) is 0 Å². The van der Waals surface area contributed by atoms with Crippen molar-refractivity contribution < 1.29 is 29.1 Å². The van der Waals surface area contributed by atoms with Gasteiger partial charge in [0.15, 0.2) is 0 Å². The Bertz CT molecular complexity index is 194. The molecule has 0 unspecified atom stereocenters. The summed E-state index contributed by atoms with van der Waals surface area (Å²) in [5, 5.41) is 17.5. The molecule has 0 amide bonds. The van der Waals surface area contributed by atoms with Gasteiger partial charge in [-0.15, -0.1) is 0 Å². The van der Waals surface area contributed by atoms with Crippen molar-refractivity contribution in [2.45, 2.75) is 92.4 Å². The van der Waals surface area contributed by atoms with Crippen LogP contribution in [0.25, 0.3) is 21.3 Å². The van der Waals surface area contributed by atoms with Crippen molar-refractivity contribution in [2.24, 2.45) is 0 Å². The van der Waals surface area contributed by atoms with Crippen molar-refractivity contribution in [2.75, 3.05) is 26.2 Å². The van der Waals surface area contributed by atoms with Crippen LogP contribution in [0.1, 0.15) is 80.1 Å². The number of carbonyl (C=O) groups excluding carboxylic acids is 2. The summed E-state index contributed by atoms with van der Waals surface area (Å²) in [6, 6.07) is 0. The summed E-state index contributed by atoms with van der Waals surface area (Å²) < 4.78 is 0. The third-order valence-electron chi connectivity index (χ3n) is 3.21. The van der Waals surface area contributed by atoms with Crippen LogP contribution in [0, 0.1) is 0 Å². The van der Waals surface area contributed by atoms with E-state index in [0.717, 1.165) is 39.0 Å². The molecule has 0 atom stereocenters. The molecule has 27 heavy (non-hydrogen) atoms. The molecule has 6 nitrogen and oxygen atoms in total.